The van der Waals surface area contributed by atoms with E-state index in [2.05, 4.69) is 97.7 Å². The minimum atomic E-state index is -1.03. The molecule has 1 saturated heterocycles. The van der Waals surface area contributed by atoms with Crippen LogP contribution < -0.4 is 38.4 Å². The van der Waals surface area contributed by atoms with Crippen LogP contribution in [0, 0.1) is 0 Å². The van der Waals surface area contributed by atoms with Gasteiger partial charge in [0.2, 0.25) is 0 Å². The Hall–Kier alpha value is -5.51. The highest BCUT2D eigenvalue weighted by Crippen LogP contribution is 2.38. The van der Waals surface area contributed by atoms with Crippen molar-refractivity contribution in [1.29, 1.82) is 0 Å². The van der Waals surface area contributed by atoms with E-state index in [0.717, 1.165) is 39.0 Å². The van der Waals surface area contributed by atoms with Crippen LogP contribution in [0.3, 0.4) is 0 Å². The number of aromatic nitrogens is 1. The fourth-order valence-corrected chi connectivity index (χ4v) is 9.61. The normalized spacial score (nSPS) is 12.5. The maximum absolute atomic E-state index is 12.4. The number of nitrogens with one attached hydrogen (secondary N) is 5. The molecule has 8 N–H and O–H groups in total. The number of hydrogen-bond donors (Lipinski definition) is 7. The van der Waals surface area contributed by atoms with E-state index in [1.54, 1.807) is 13.1 Å². The molecule has 0 saturated carbocycles. The van der Waals surface area contributed by atoms with Crippen molar-refractivity contribution >= 4 is 103 Å². The third-order valence-corrected chi connectivity index (χ3v) is 15.6. The van der Waals surface area contributed by atoms with Crippen molar-refractivity contribution < 1.29 is 38.2 Å². The van der Waals surface area contributed by atoms with Gasteiger partial charge >= 0.3 is 35.4 Å². The highest BCUT2D eigenvalue weighted by Gasteiger charge is 2.29. The van der Waals surface area contributed by atoms with E-state index in [-0.39, 0.29) is 44.4 Å². The van der Waals surface area contributed by atoms with Gasteiger partial charge in [0.1, 0.15) is 19.3 Å². The molecule has 0 aliphatic carbocycles. The van der Waals surface area contributed by atoms with Crippen molar-refractivity contribution in [1.82, 2.24) is 20.5 Å². The number of carboxylic acid groups (broad SMARTS) is 1. The van der Waals surface area contributed by atoms with Gasteiger partial charge in [-0.05, 0) is 52.3 Å². The molecule has 362 valence electrons. The first kappa shape index (κ1) is 54.8. The number of amides is 5. The van der Waals surface area contributed by atoms with E-state index in [9.17, 15) is 33.6 Å². The molecule has 5 aromatic rings. The second kappa shape index (κ2) is 21.9. The first-order chi connectivity index (χ1) is 30.3. The summed E-state index contributed by atoms with van der Waals surface area (Å²) in [6.45, 7) is 26.3. The lowest BCUT2D eigenvalue weighted by Gasteiger charge is -2.30. The summed E-state index contributed by atoms with van der Waals surface area (Å²) in [6.07, 6.45) is 1.06. The van der Waals surface area contributed by atoms with Gasteiger partial charge in [-0.1, -0.05) is 83.1 Å². The molecule has 5 aromatic heterocycles. The average molecular weight is 990 g/mol. The summed E-state index contributed by atoms with van der Waals surface area (Å²) < 4.78 is 9.57. The van der Waals surface area contributed by atoms with Crippen LogP contribution >= 0.6 is 45.3 Å². The molecule has 5 amide bonds. The number of aromatic carboxylic acids is 1. The predicted octanol–water partition coefficient (Wildman–Crippen LogP) is 9.39. The number of carboxylic acids is 1. The third kappa shape index (κ3) is 14.7. The zero-order valence-corrected chi connectivity index (χ0v) is 43.5. The van der Waals surface area contributed by atoms with Crippen molar-refractivity contribution in [2.45, 2.75) is 111 Å². The largest absolute Gasteiger partial charge is 0.477 e. The maximum Gasteiger partial charge on any atom is 0.419 e. The molecule has 1 fully saturated rings. The van der Waals surface area contributed by atoms with E-state index in [1.807, 2.05) is 43.9 Å². The average Bonchev–Trinajstić information content (AvgIpc) is 3.99. The van der Waals surface area contributed by atoms with E-state index >= 15 is 0 Å². The number of nitrogen functional groups attached to an aromatic ring is 1. The molecular formula is C45H63N7O10S4. The van der Waals surface area contributed by atoms with Crippen molar-refractivity contribution in [2.75, 3.05) is 50.7 Å². The van der Waals surface area contributed by atoms with Gasteiger partial charge in [-0.15, -0.1) is 45.3 Å². The lowest BCUT2D eigenvalue weighted by atomic mass is 9.94. The molecular weight excluding hydrogens is 927 g/mol. The number of likely N-dealkylation sites (tertiary alicyclic amines) is 1. The van der Waals surface area contributed by atoms with Crippen LogP contribution in [0.1, 0.15) is 138 Å². The Balaban J connectivity index is 0.000000236. The van der Waals surface area contributed by atoms with Gasteiger partial charge in [0, 0.05) is 46.7 Å². The number of methoxy groups -OCH3 is 1. The number of fused-ring (bicyclic) bond motifs is 1. The lowest BCUT2D eigenvalue weighted by molar-refractivity contribution is 0.0605. The standard InChI is InChI=1S/C14H21N3O2S.C11H16N2O3S.C10H11NO3S.C10H15NO2S/c1-14(2,3)10-8-9(16-13(19)15-4)11(20-10)12(18)17-6-5-7-17;1-11(2,3)7-5-6(13-10(16)12-4)8(17-7)9(14)15;1-10(2,3)6-4-5-7(15-6)8(12)14-9(13)11-5;1-10(2,3)7-5-6(11)8(14-7)9(12)13-4/h8H,5-7H2,1-4H3,(H2,15,16,19);5H,1-4H3,(H,14,15)(H2,12,13,16);4H,1-3H3,(H,11,13);5H,11H2,1-4H3. The van der Waals surface area contributed by atoms with E-state index in [4.69, 9.17) is 10.8 Å². The Bertz CT molecular complexity index is 2650. The number of H-pyrrole nitrogens is 1. The van der Waals surface area contributed by atoms with Gasteiger partial charge in [-0.2, -0.15) is 0 Å². The first-order valence-electron chi connectivity index (χ1n) is 20.8. The van der Waals surface area contributed by atoms with Crippen LogP contribution in [0.2, 0.25) is 0 Å². The summed E-state index contributed by atoms with van der Waals surface area (Å²) in [5.74, 6) is -2.08. The lowest BCUT2D eigenvalue weighted by Crippen LogP contribution is -2.42. The smallest absolute Gasteiger partial charge is 0.419 e. The highest BCUT2D eigenvalue weighted by molar-refractivity contribution is 7.19. The number of thiophene rings is 4. The monoisotopic (exact) mass is 989 g/mol. The van der Waals surface area contributed by atoms with Crippen LogP contribution in [-0.4, -0.2) is 79.2 Å². The second-order valence-electron chi connectivity index (χ2n) is 19.1. The van der Waals surface area contributed by atoms with Gasteiger partial charge in [0.25, 0.3) is 5.91 Å². The Morgan fingerprint density at radius 2 is 1.11 bits per heavy atom. The predicted molar refractivity (Wildman–Crippen MR) is 268 cm³/mol. The molecule has 1 aliphatic heterocycles. The summed E-state index contributed by atoms with van der Waals surface area (Å²) in [5.41, 5.74) is 6.98. The van der Waals surface area contributed by atoms with Gasteiger partial charge < -0.3 is 46.2 Å². The van der Waals surface area contributed by atoms with Gasteiger partial charge in [-0.25, -0.2) is 28.8 Å². The summed E-state index contributed by atoms with van der Waals surface area (Å²) in [4.78, 5) is 89.6. The minimum Gasteiger partial charge on any atom is -0.477 e. The zero-order valence-electron chi connectivity index (χ0n) is 40.2. The SMILES string of the molecule is CC(C)(C)c1cc2[nH]c(=O)oc(=O)c2s1.CNC(=O)Nc1cc(C(C)(C)C)sc1C(=O)N1CCC1.CNC(=O)Nc1cc(C(C)(C)C)sc1C(=O)O.COC(=O)c1sc(C(C)(C)C)cc1N. The molecule has 1 aliphatic rings. The first-order valence-corrected chi connectivity index (χ1v) is 24.0. The van der Waals surface area contributed by atoms with Gasteiger partial charge in [0.05, 0.1) is 29.7 Å². The third-order valence-electron chi connectivity index (χ3n) is 9.37. The molecule has 66 heavy (non-hydrogen) atoms. The Morgan fingerprint density at radius 1 is 0.682 bits per heavy atom. The van der Waals surface area contributed by atoms with E-state index in [1.165, 1.54) is 59.5 Å². The summed E-state index contributed by atoms with van der Waals surface area (Å²) in [5, 5.41) is 19.2. The van der Waals surface area contributed by atoms with Crippen molar-refractivity contribution in [3.63, 3.8) is 0 Å². The molecule has 6 heterocycles. The number of esters is 1. The Labute approximate surface area is 400 Å². The number of nitrogens with zero attached hydrogens (tertiary/aromatic N) is 1. The van der Waals surface area contributed by atoms with E-state index < -0.39 is 23.4 Å². The number of aromatic amines is 1. The number of urea groups is 2. The molecule has 17 nitrogen and oxygen atoms in total. The number of rotatable bonds is 5. The molecule has 0 bridgehead atoms. The van der Waals surface area contributed by atoms with E-state index in [0.29, 0.717) is 37.0 Å². The Kier molecular flexibility index (Phi) is 18.2. The van der Waals surface area contributed by atoms with Crippen LogP contribution in [0.25, 0.3) is 10.2 Å². The molecule has 0 aromatic carbocycles. The minimum absolute atomic E-state index is 0.0168. The summed E-state index contributed by atoms with van der Waals surface area (Å²) in [7, 11) is 4.40. The zero-order chi connectivity index (χ0) is 50.3. The molecule has 0 unspecified atom stereocenters. The molecule has 0 atom stereocenters. The van der Waals surface area contributed by atoms with Crippen molar-refractivity contribution in [2.24, 2.45) is 0 Å². The maximum atomic E-state index is 12.4. The summed E-state index contributed by atoms with van der Waals surface area (Å²) >= 11 is 5.42. The van der Waals surface area contributed by atoms with Gasteiger partial charge in [-0.3, -0.25) is 9.78 Å². The number of carbonyl (C=O) groups is 5. The summed E-state index contributed by atoms with van der Waals surface area (Å²) in [6, 6.07) is 6.57. The molecule has 0 radical (unpaired) electrons. The number of nitrogens with two attached hydrogens (primary N) is 1. The van der Waals surface area contributed by atoms with Gasteiger partial charge in [0.15, 0.2) is 0 Å². The molecule has 6 rings (SSSR count). The van der Waals surface area contributed by atoms with Crippen LogP contribution in [0.15, 0.2) is 38.3 Å². The van der Waals surface area contributed by atoms with Crippen molar-refractivity contribution in [3.05, 3.63) is 79.4 Å². The fourth-order valence-electron chi connectivity index (χ4n) is 5.36. The number of anilines is 3. The van der Waals surface area contributed by atoms with Crippen LogP contribution in [-0.2, 0) is 26.4 Å². The molecule has 21 heteroatoms. The molecule has 0 spiro atoms. The number of hydrogen-bond acceptors (Lipinski definition) is 14. The number of carbonyl (C=O) groups excluding carboxylic acids is 4. The Morgan fingerprint density at radius 3 is 1.50 bits per heavy atom. The van der Waals surface area contributed by atoms with Crippen LogP contribution in [0.5, 0.6) is 0 Å². The second-order valence-corrected chi connectivity index (χ2v) is 23.3. The number of ether oxygens (including phenoxy) is 1. The van der Waals surface area contributed by atoms with Crippen molar-refractivity contribution in [3.8, 4) is 0 Å². The topological polar surface area (TPSA) is 255 Å². The van der Waals surface area contributed by atoms with Crippen LogP contribution in [0.4, 0.5) is 26.7 Å². The quantitative estimate of drug-likeness (QED) is 0.0816. The highest BCUT2D eigenvalue weighted by atomic mass is 32.1. The fraction of sp³-hybridized carbons (Fsp3) is 0.489.